The van der Waals surface area contributed by atoms with E-state index >= 15 is 0 Å². The number of nitrogens with zero attached hydrogens (tertiary/aromatic N) is 2. The van der Waals surface area contributed by atoms with Gasteiger partial charge in [-0.1, -0.05) is 51.9 Å². The quantitative estimate of drug-likeness (QED) is 0.367. The molecule has 1 rings (SSSR count). The number of hydrogen-bond acceptors (Lipinski definition) is 4. The van der Waals surface area contributed by atoms with Gasteiger partial charge in [0.1, 0.15) is 11.9 Å². The molecule has 0 saturated carbocycles. The summed E-state index contributed by atoms with van der Waals surface area (Å²) in [5, 5.41) is 13.9. The lowest BCUT2D eigenvalue weighted by molar-refractivity contribution is -0.388. The van der Waals surface area contributed by atoms with E-state index in [1.54, 1.807) is 12.1 Å². The van der Waals surface area contributed by atoms with E-state index in [9.17, 15) is 10.1 Å². The third-order valence-electron chi connectivity index (χ3n) is 3.31. The van der Waals surface area contributed by atoms with Crippen molar-refractivity contribution in [2.24, 2.45) is 0 Å². The highest BCUT2D eigenvalue weighted by Gasteiger charge is 2.12. The van der Waals surface area contributed by atoms with Crippen molar-refractivity contribution in [2.45, 2.75) is 58.3 Å². The first-order valence-electron chi connectivity index (χ1n) is 7.59. The van der Waals surface area contributed by atoms with Gasteiger partial charge in [-0.2, -0.15) is 0 Å². The zero-order chi connectivity index (χ0) is 14.6. The first-order valence-corrected chi connectivity index (χ1v) is 7.59. The first kappa shape index (κ1) is 16.4. The smallest absolute Gasteiger partial charge is 0.378 e. The predicted octanol–water partition coefficient (Wildman–Crippen LogP) is 4.54. The monoisotopic (exact) mass is 279 g/mol. The van der Waals surface area contributed by atoms with E-state index in [0.29, 0.717) is 5.69 Å². The second-order valence-corrected chi connectivity index (χ2v) is 5.03. The van der Waals surface area contributed by atoms with Crippen molar-refractivity contribution < 1.29 is 4.92 Å². The van der Waals surface area contributed by atoms with Crippen molar-refractivity contribution in [3.8, 4) is 0 Å². The molecule has 1 aromatic rings. The zero-order valence-corrected chi connectivity index (χ0v) is 12.3. The summed E-state index contributed by atoms with van der Waals surface area (Å²) < 4.78 is 0. The minimum atomic E-state index is -0.448. The third-order valence-corrected chi connectivity index (χ3v) is 3.31. The van der Waals surface area contributed by atoms with Crippen LogP contribution >= 0.6 is 0 Å². The fourth-order valence-electron chi connectivity index (χ4n) is 2.16. The Balaban J connectivity index is 2.11. The summed E-state index contributed by atoms with van der Waals surface area (Å²) in [6.45, 7) is 2.99. The molecule has 1 aromatic heterocycles. The maximum Gasteiger partial charge on any atom is 0.386 e. The molecule has 0 atom stereocenters. The van der Waals surface area contributed by atoms with Crippen LogP contribution in [0.25, 0.3) is 0 Å². The number of nitro groups is 1. The summed E-state index contributed by atoms with van der Waals surface area (Å²) in [6.07, 6.45) is 11.5. The number of aromatic nitrogens is 1. The van der Waals surface area contributed by atoms with Gasteiger partial charge >= 0.3 is 5.82 Å². The standard InChI is InChI=1S/C15H25N3O2/c1-2-3-4-5-6-7-8-9-12-16-14-11-10-13-17-15(14)18(19)20/h10-11,13,16H,2-9,12H2,1H3. The Bertz CT molecular complexity index is 396. The highest BCUT2D eigenvalue weighted by molar-refractivity contribution is 5.56. The van der Waals surface area contributed by atoms with Crippen LogP contribution in [-0.4, -0.2) is 16.5 Å². The second kappa shape index (κ2) is 10.2. The third kappa shape index (κ3) is 6.50. The molecule has 0 saturated heterocycles. The fraction of sp³-hybridized carbons (Fsp3) is 0.667. The number of nitrogens with one attached hydrogen (secondary N) is 1. The molecule has 5 nitrogen and oxygen atoms in total. The molecule has 0 aliphatic heterocycles. The van der Waals surface area contributed by atoms with E-state index in [4.69, 9.17) is 0 Å². The van der Waals surface area contributed by atoms with Crippen molar-refractivity contribution in [3.05, 3.63) is 28.4 Å². The topological polar surface area (TPSA) is 68.1 Å². The predicted molar refractivity (Wildman–Crippen MR) is 82.0 cm³/mol. The Labute approximate surface area is 121 Å². The maximum absolute atomic E-state index is 10.8. The summed E-state index contributed by atoms with van der Waals surface area (Å²) in [5.41, 5.74) is 0.514. The Morgan fingerprint density at radius 3 is 2.45 bits per heavy atom. The highest BCUT2D eigenvalue weighted by Crippen LogP contribution is 2.20. The molecule has 112 valence electrons. The number of rotatable bonds is 11. The van der Waals surface area contributed by atoms with Crippen LogP contribution in [-0.2, 0) is 0 Å². The Kier molecular flexibility index (Phi) is 8.35. The molecule has 20 heavy (non-hydrogen) atoms. The minimum absolute atomic E-state index is 0.0907. The van der Waals surface area contributed by atoms with E-state index in [1.807, 2.05) is 0 Å². The van der Waals surface area contributed by atoms with E-state index in [0.717, 1.165) is 13.0 Å². The van der Waals surface area contributed by atoms with Gasteiger partial charge in [-0.15, -0.1) is 0 Å². The molecule has 0 unspecified atom stereocenters. The van der Waals surface area contributed by atoms with Crippen molar-refractivity contribution in [1.29, 1.82) is 0 Å². The Morgan fingerprint density at radius 2 is 1.80 bits per heavy atom. The molecule has 0 aromatic carbocycles. The minimum Gasteiger partial charge on any atom is -0.378 e. The van der Waals surface area contributed by atoms with Crippen LogP contribution in [0, 0.1) is 10.1 Å². The molecular formula is C15H25N3O2. The Hall–Kier alpha value is -1.65. The molecule has 1 N–H and O–H groups in total. The summed E-state index contributed by atoms with van der Waals surface area (Å²) in [4.78, 5) is 14.1. The Morgan fingerprint density at radius 1 is 1.15 bits per heavy atom. The number of unbranched alkanes of at least 4 members (excludes halogenated alkanes) is 7. The van der Waals surface area contributed by atoms with Crippen LogP contribution in [0.15, 0.2) is 18.3 Å². The van der Waals surface area contributed by atoms with E-state index in [1.165, 1.54) is 51.1 Å². The van der Waals surface area contributed by atoms with Crippen LogP contribution < -0.4 is 5.32 Å². The fourth-order valence-corrected chi connectivity index (χ4v) is 2.16. The lowest BCUT2D eigenvalue weighted by atomic mass is 10.1. The van der Waals surface area contributed by atoms with E-state index < -0.39 is 4.92 Å². The number of hydrogen-bond donors (Lipinski definition) is 1. The van der Waals surface area contributed by atoms with Gasteiger partial charge in [0.25, 0.3) is 0 Å². The molecular weight excluding hydrogens is 254 g/mol. The van der Waals surface area contributed by atoms with Gasteiger partial charge < -0.3 is 15.4 Å². The molecule has 0 bridgehead atoms. The summed E-state index contributed by atoms with van der Waals surface area (Å²) in [5.74, 6) is -0.0907. The van der Waals surface area contributed by atoms with Crippen LogP contribution in [0.2, 0.25) is 0 Å². The van der Waals surface area contributed by atoms with Gasteiger partial charge in [-0.25, -0.2) is 0 Å². The summed E-state index contributed by atoms with van der Waals surface area (Å²) in [7, 11) is 0. The van der Waals surface area contributed by atoms with Gasteiger partial charge in [-0.3, -0.25) is 0 Å². The molecule has 0 amide bonds. The van der Waals surface area contributed by atoms with Gasteiger partial charge in [0.15, 0.2) is 0 Å². The molecule has 0 aliphatic carbocycles. The second-order valence-electron chi connectivity index (χ2n) is 5.03. The van der Waals surface area contributed by atoms with Crippen LogP contribution in [0.5, 0.6) is 0 Å². The molecule has 0 fully saturated rings. The van der Waals surface area contributed by atoms with Gasteiger partial charge in [-0.05, 0) is 28.5 Å². The molecule has 0 radical (unpaired) electrons. The van der Waals surface area contributed by atoms with Crippen molar-refractivity contribution in [2.75, 3.05) is 11.9 Å². The highest BCUT2D eigenvalue weighted by atomic mass is 16.6. The average molecular weight is 279 g/mol. The van der Waals surface area contributed by atoms with Gasteiger partial charge in [0.2, 0.25) is 0 Å². The summed E-state index contributed by atoms with van der Waals surface area (Å²) in [6, 6.07) is 3.42. The van der Waals surface area contributed by atoms with Crippen LogP contribution in [0.3, 0.4) is 0 Å². The van der Waals surface area contributed by atoms with Gasteiger partial charge in [0, 0.05) is 6.54 Å². The maximum atomic E-state index is 10.8. The van der Waals surface area contributed by atoms with E-state index in [2.05, 4.69) is 17.2 Å². The van der Waals surface area contributed by atoms with Gasteiger partial charge in [0.05, 0.1) is 0 Å². The number of pyridine rings is 1. The average Bonchev–Trinajstić information content (AvgIpc) is 2.46. The number of anilines is 1. The van der Waals surface area contributed by atoms with Crippen molar-refractivity contribution in [1.82, 2.24) is 4.98 Å². The largest absolute Gasteiger partial charge is 0.386 e. The van der Waals surface area contributed by atoms with Crippen LogP contribution in [0.1, 0.15) is 58.3 Å². The molecule has 0 spiro atoms. The summed E-state index contributed by atoms with van der Waals surface area (Å²) >= 11 is 0. The van der Waals surface area contributed by atoms with Crippen molar-refractivity contribution in [3.63, 3.8) is 0 Å². The SMILES string of the molecule is CCCCCCCCCCNc1cccnc1[N+](=O)[O-]. The van der Waals surface area contributed by atoms with E-state index in [-0.39, 0.29) is 5.82 Å². The lowest BCUT2D eigenvalue weighted by Crippen LogP contribution is -2.05. The van der Waals surface area contributed by atoms with Crippen LogP contribution in [0.4, 0.5) is 11.5 Å². The normalized spacial score (nSPS) is 10.4. The molecule has 0 aliphatic rings. The molecule has 1 heterocycles. The zero-order valence-electron chi connectivity index (χ0n) is 12.3. The first-order chi connectivity index (χ1) is 9.75. The van der Waals surface area contributed by atoms with Crippen molar-refractivity contribution >= 4 is 11.5 Å². The molecule has 5 heteroatoms. The lowest BCUT2D eigenvalue weighted by Gasteiger charge is -2.06.